The van der Waals surface area contributed by atoms with E-state index in [1.165, 1.54) is 36.8 Å². The van der Waals surface area contributed by atoms with Gasteiger partial charge in [-0.15, -0.1) is 0 Å². The smallest absolute Gasteiger partial charge is 1.00 e. The molecule has 0 bridgehead atoms. The summed E-state index contributed by atoms with van der Waals surface area (Å²) in [6, 6.07) is 18.5. The Labute approximate surface area is 179 Å². The predicted molar refractivity (Wildman–Crippen MR) is 104 cm³/mol. The molecular formula is C24H26Cl2Ti. The first-order valence-electron chi connectivity index (χ1n) is 9.92. The number of halogens is 2. The zero-order chi connectivity index (χ0) is 16.9. The van der Waals surface area contributed by atoms with E-state index in [-0.39, 0.29) is 24.8 Å². The van der Waals surface area contributed by atoms with Crippen LogP contribution in [0.25, 0.3) is 11.1 Å². The van der Waals surface area contributed by atoms with Crippen LogP contribution in [0.1, 0.15) is 48.0 Å². The molecule has 0 spiro atoms. The Kier molecular flexibility index (Phi) is 6.43. The number of fused-ring (bicyclic) bond motifs is 3. The van der Waals surface area contributed by atoms with E-state index in [2.05, 4.69) is 67.6 Å². The van der Waals surface area contributed by atoms with Gasteiger partial charge in [-0.25, -0.2) is 0 Å². The molecule has 1 saturated heterocycles. The maximum absolute atomic E-state index is 2.48. The van der Waals surface area contributed by atoms with Gasteiger partial charge in [0, 0.05) is 0 Å². The SMILES string of the molecule is CCCCC1=[C]([Ti+2]2([CH]3c4ccccc4-c4ccccc43)[CH2][CH2]2)CC=C1.[Cl-].[Cl-]. The van der Waals surface area contributed by atoms with E-state index in [0.29, 0.717) is 0 Å². The third-order valence-electron chi connectivity index (χ3n) is 6.60. The monoisotopic (exact) mass is 432 g/mol. The zero-order valence-electron chi connectivity index (χ0n) is 15.8. The van der Waals surface area contributed by atoms with E-state index >= 15 is 0 Å². The van der Waals surface area contributed by atoms with E-state index in [0.717, 1.165) is 4.22 Å². The van der Waals surface area contributed by atoms with Crippen molar-refractivity contribution in [1.82, 2.24) is 0 Å². The molecule has 0 N–H and O–H groups in total. The molecule has 0 atom stereocenters. The van der Waals surface area contributed by atoms with Crippen molar-refractivity contribution >= 4 is 0 Å². The predicted octanol–water partition coefficient (Wildman–Crippen LogP) is 1.17. The van der Waals surface area contributed by atoms with Crippen molar-refractivity contribution in [3.8, 4) is 11.1 Å². The summed E-state index contributed by atoms with van der Waals surface area (Å²) in [6.07, 6.45) is 10.2. The van der Waals surface area contributed by atoms with Gasteiger partial charge in [0.25, 0.3) is 0 Å². The molecule has 2 aromatic rings. The molecular weight excluding hydrogens is 407 g/mol. The number of unbranched alkanes of at least 4 members (excludes halogenated alkanes) is 1. The van der Waals surface area contributed by atoms with Crippen molar-refractivity contribution < 1.29 is 41.4 Å². The minimum Gasteiger partial charge on any atom is -1.00 e. The first-order valence-corrected chi connectivity index (χ1v) is 13.8. The fourth-order valence-corrected chi connectivity index (χ4v) is 14.7. The Hall–Kier alpha value is -0.786. The van der Waals surface area contributed by atoms with Gasteiger partial charge in [0.2, 0.25) is 0 Å². The van der Waals surface area contributed by atoms with Crippen LogP contribution < -0.4 is 24.8 Å². The molecule has 0 aromatic heterocycles. The quantitative estimate of drug-likeness (QED) is 0.622. The summed E-state index contributed by atoms with van der Waals surface area (Å²) in [6.45, 7) is 2.32. The van der Waals surface area contributed by atoms with Crippen molar-refractivity contribution in [1.29, 1.82) is 0 Å². The van der Waals surface area contributed by atoms with Crippen molar-refractivity contribution in [3.63, 3.8) is 0 Å². The molecule has 3 heteroatoms. The van der Waals surface area contributed by atoms with Gasteiger partial charge in [-0.05, 0) is 0 Å². The van der Waals surface area contributed by atoms with Gasteiger partial charge in [-0.1, -0.05) is 0 Å². The minimum absolute atomic E-state index is 0. The Morgan fingerprint density at radius 1 is 0.889 bits per heavy atom. The van der Waals surface area contributed by atoms with Gasteiger partial charge in [0.15, 0.2) is 0 Å². The van der Waals surface area contributed by atoms with Crippen molar-refractivity contribution in [2.75, 3.05) is 0 Å². The Balaban J connectivity index is 0.00000105. The molecule has 3 aliphatic rings. The molecule has 1 fully saturated rings. The second-order valence-corrected chi connectivity index (χ2v) is 15.0. The van der Waals surface area contributed by atoms with E-state index < -0.39 is 16.6 Å². The van der Waals surface area contributed by atoms with Gasteiger partial charge in [0.05, 0.1) is 0 Å². The second kappa shape index (κ2) is 8.30. The van der Waals surface area contributed by atoms with Crippen LogP contribution in [0.15, 0.2) is 70.1 Å². The molecule has 27 heavy (non-hydrogen) atoms. The molecule has 5 rings (SSSR count). The first-order chi connectivity index (χ1) is 12.3. The van der Waals surface area contributed by atoms with E-state index in [1.807, 2.05) is 3.88 Å². The van der Waals surface area contributed by atoms with Gasteiger partial charge < -0.3 is 24.8 Å². The van der Waals surface area contributed by atoms with Crippen molar-refractivity contribution in [2.45, 2.75) is 46.3 Å². The third-order valence-corrected chi connectivity index (χ3v) is 14.5. The maximum atomic E-state index is 2.48. The average Bonchev–Trinajstić information content (AvgIpc) is 3.17. The number of hydrogen-bond donors (Lipinski definition) is 0. The second-order valence-electron chi connectivity index (χ2n) is 7.98. The van der Waals surface area contributed by atoms with Crippen LogP contribution in [0.4, 0.5) is 0 Å². The molecule has 0 nitrogen and oxygen atoms in total. The van der Waals surface area contributed by atoms with Crippen LogP contribution in [0.3, 0.4) is 0 Å². The molecule has 1 aliphatic heterocycles. The van der Waals surface area contributed by atoms with Crippen LogP contribution in [-0.2, 0) is 16.6 Å². The zero-order valence-corrected chi connectivity index (χ0v) is 18.9. The van der Waals surface area contributed by atoms with Crippen molar-refractivity contribution in [2.24, 2.45) is 0 Å². The van der Waals surface area contributed by atoms with Crippen LogP contribution in [0.5, 0.6) is 0 Å². The van der Waals surface area contributed by atoms with Gasteiger partial charge >= 0.3 is 155 Å². The summed E-state index contributed by atoms with van der Waals surface area (Å²) in [4.78, 5) is 0. The molecule has 140 valence electrons. The molecule has 0 saturated carbocycles. The Morgan fingerprint density at radius 3 is 2.04 bits per heavy atom. The molecule has 0 unspecified atom stereocenters. The van der Waals surface area contributed by atoms with Gasteiger partial charge in [0.1, 0.15) is 0 Å². The molecule has 2 aliphatic carbocycles. The van der Waals surface area contributed by atoms with Crippen LogP contribution >= 0.6 is 0 Å². The van der Waals surface area contributed by atoms with E-state index in [9.17, 15) is 0 Å². The summed E-state index contributed by atoms with van der Waals surface area (Å²) in [5.74, 6) is 0. The summed E-state index contributed by atoms with van der Waals surface area (Å²) >= 11 is -2.01. The van der Waals surface area contributed by atoms with Gasteiger partial charge in [-0.2, -0.15) is 0 Å². The summed E-state index contributed by atoms with van der Waals surface area (Å²) in [5.41, 5.74) is 8.07. The molecule has 2 aromatic carbocycles. The Morgan fingerprint density at radius 2 is 1.48 bits per heavy atom. The summed E-state index contributed by atoms with van der Waals surface area (Å²) < 4.78 is 5.78. The largest absolute Gasteiger partial charge is 1.00 e. The molecule has 0 amide bonds. The van der Waals surface area contributed by atoms with Crippen LogP contribution in [0, 0.1) is 0 Å². The topological polar surface area (TPSA) is 0 Å². The van der Waals surface area contributed by atoms with Crippen LogP contribution in [0.2, 0.25) is 9.45 Å². The average molecular weight is 433 g/mol. The van der Waals surface area contributed by atoms with E-state index in [4.69, 9.17) is 0 Å². The normalized spacial score (nSPS) is 17.4. The fraction of sp³-hybridized carbons (Fsp3) is 0.333. The van der Waals surface area contributed by atoms with Gasteiger partial charge in [-0.3, -0.25) is 0 Å². The summed E-state index contributed by atoms with van der Waals surface area (Å²) in [7, 11) is 0. The van der Waals surface area contributed by atoms with Crippen LogP contribution in [-0.4, -0.2) is 0 Å². The number of allylic oxidation sites excluding steroid dienone is 4. The van der Waals surface area contributed by atoms with E-state index in [1.54, 1.807) is 26.2 Å². The van der Waals surface area contributed by atoms with Crippen molar-refractivity contribution in [3.05, 3.63) is 81.3 Å². The molecule has 0 radical (unpaired) electrons. The number of rotatable bonds is 5. The number of benzene rings is 2. The summed E-state index contributed by atoms with van der Waals surface area (Å²) in [5, 5.41) is 0. The molecule has 1 heterocycles. The minimum atomic E-state index is -2.01. The Bertz CT molecular complexity index is 847. The maximum Gasteiger partial charge on any atom is -1.00 e. The first kappa shape index (κ1) is 20.9. The fourth-order valence-electron chi connectivity index (χ4n) is 5.33. The number of hydrogen-bond acceptors (Lipinski definition) is 0. The third kappa shape index (κ3) is 3.30. The standard InChI is InChI=1S/C13H9.C9H13.C2H4.2ClH.Ti/c1-3-7-12-10(5-1)9-11-6-2-4-8-13(11)12;1-2-3-6-9-7-4-5-8-9;1-2;;;/h1-9H;4,7H,2-3,5-6H2,1H3;1-2H2;2*1H;/q;;;;;+2/p-2.